The summed E-state index contributed by atoms with van der Waals surface area (Å²) in [7, 11) is 0. The summed E-state index contributed by atoms with van der Waals surface area (Å²) in [6, 6.07) is 23.8. The zero-order valence-corrected chi connectivity index (χ0v) is 18.3. The predicted octanol–water partition coefficient (Wildman–Crippen LogP) is 5.17. The van der Waals surface area contributed by atoms with Gasteiger partial charge in [0.15, 0.2) is 0 Å². The Balaban J connectivity index is 1.36. The van der Waals surface area contributed by atoms with Crippen LogP contribution in [0.3, 0.4) is 0 Å². The molecule has 1 aliphatic heterocycles. The SMILES string of the molecule is O=C(NCC/C=C/c1ccccc1)c1ccccc1CN1CCCc2c(O)cccc2C1. The number of rotatable bonds is 7. The molecule has 0 aliphatic carbocycles. The zero-order chi connectivity index (χ0) is 22.2. The molecule has 4 rings (SSSR count). The fraction of sp³-hybridized carbons (Fsp3) is 0.250. The van der Waals surface area contributed by atoms with E-state index in [1.165, 1.54) is 5.56 Å². The number of phenolic OH excluding ortho intramolecular Hbond substituents is 1. The summed E-state index contributed by atoms with van der Waals surface area (Å²) in [6.45, 7) is 3.04. The van der Waals surface area contributed by atoms with Crippen LogP contribution in [0, 0.1) is 0 Å². The number of carbonyl (C=O) groups excluding carboxylic acids is 1. The first-order valence-corrected chi connectivity index (χ1v) is 11.3. The summed E-state index contributed by atoms with van der Waals surface area (Å²) in [5.74, 6) is 0.368. The van der Waals surface area contributed by atoms with Crippen LogP contribution in [0.5, 0.6) is 5.75 Å². The Kier molecular flexibility index (Phi) is 7.36. The van der Waals surface area contributed by atoms with Crippen LogP contribution in [0.15, 0.2) is 78.9 Å². The molecule has 0 saturated carbocycles. The lowest BCUT2D eigenvalue weighted by Crippen LogP contribution is -2.28. The lowest BCUT2D eigenvalue weighted by atomic mass is 10.0. The van der Waals surface area contributed by atoms with Crippen LogP contribution in [0.1, 0.15) is 45.5 Å². The summed E-state index contributed by atoms with van der Waals surface area (Å²) in [4.78, 5) is 15.2. The summed E-state index contributed by atoms with van der Waals surface area (Å²) in [6.07, 6.45) is 6.83. The highest BCUT2D eigenvalue weighted by Gasteiger charge is 2.19. The molecule has 2 N–H and O–H groups in total. The van der Waals surface area contributed by atoms with E-state index in [0.29, 0.717) is 18.8 Å². The molecule has 0 unspecified atom stereocenters. The molecule has 1 amide bonds. The van der Waals surface area contributed by atoms with E-state index in [9.17, 15) is 9.90 Å². The van der Waals surface area contributed by atoms with Gasteiger partial charge >= 0.3 is 0 Å². The van der Waals surface area contributed by atoms with Crippen molar-refractivity contribution in [2.45, 2.75) is 32.4 Å². The molecule has 0 fully saturated rings. The molecule has 0 spiro atoms. The first-order valence-electron chi connectivity index (χ1n) is 11.3. The molecule has 1 heterocycles. The van der Waals surface area contributed by atoms with Gasteiger partial charge in [-0.15, -0.1) is 0 Å². The quantitative estimate of drug-likeness (QED) is 0.512. The lowest BCUT2D eigenvalue weighted by Gasteiger charge is -2.22. The van der Waals surface area contributed by atoms with Crippen molar-refractivity contribution >= 4 is 12.0 Å². The third-order valence-corrected chi connectivity index (χ3v) is 5.91. The maximum atomic E-state index is 12.9. The molecule has 32 heavy (non-hydrogen) atoms. The topological polar surface area (TPSA) is 52.6 Å². The minimum atomic E-state index is -0.0263. The van der Waals surface area contributed by atoms with Gasteiger partial charge in [-0.2, -0.15) is 0 Å². The van der Waals surface area contributed by atoms with E-state index in [4.69, 9.17) is 0 Å². The van der Waals surface area contributed by atoms with E-state index in [0.717, 1.165) is 54.6 Å². The van der Waals surface area contributed by atoms with Gasteiger partial charge in [0.2, 0.25) is 0 Å². The Morgan fingerprint density at radius 1 is 1.00 bits per heavy atom. The van der Waals surface area contributed by atoms with E-state index < -0.39 is 0 Å². The highest BCUT2D eigenvalue weighted by Crippen LogP contribution is 2.27. The van der Waals surface area contributed by atoms with E-state index in [2.05, 4.69) is 40.6 Å². The Bertz CT molecular complexity index is 1080. The van der Waals surface area contributed by atoms with Crippen molar-refractivity contribution in [1.29, 1.82) is 0 Å². The van der Waals surface area contributed by atoms with Crippen LogP contribution in [-0.4, -0.2) is 29.0 Å². The third-order valence-electron chi connectivity index (χ3n) is 5.91. The molecule has 4 heteroatoms. The largest absolute Gasteiger partial charge is 0.508 e. The highest BCUT2D eigenvalue weighted by molar-refractivity contribution is 5.95. The van der Waals surface area contributed by atoms with Crippen molar-refractivity contribution in [2.24, 2.45) is 0 Å². The van der Waals surface area contributed by atoms with Gasteiger partial charge < -0.3 is 10.4 Å². The summed E-state index contributed by atoms with van der Waals surface area (Å²) in [5.41, 5.74) is 5.17. The zero-order valence-electron chi connectivity index (χ0n) is 18.3. The molecule has 164 valence electrons. The van der Waals surface area contributed by atoms with Crippen molar-refractivity contribution < 1.29 is 9.90 Å². The van der Waals surface area contributed by atoms with Crippen LogP contribution in [0.4, 0.5) is 0 Å². The number of aromatic hydroxyl groups is 1. The van der Waals surface area contributed by atoms with Gasteiger partial charge in [0.05, 0.1) is 0 Å². The second kappa shape index (κ2) is 10.8. The van der Waals surface area contributed by atoms with Gasteiger partial charge in [-0.1, -0.05) is 72.8 Å². The van der Waals surface area contributed by atoms with Gasteiger partial charge in [0.1, 0.15) is 5.75 Å². The van der Waals surface area contributed by atoms with Crippen LogP contribution >= 0.6 is 0 Å². The van der Waals surface area contributed by atoms with E-state index in [1.54, 1.807) is 6.07 Å². The van der Waals surface area contributed by atoms with E-state index in [1.807, 2.05) is 48.5 Å². The number of hydrogen-bond acceptors (Lipinski definition) is 3. The van der Waals surface area contributed by atoms with E-state index in [-0.39, 0.29) is 5.91 Å². The Hall–Kier alpha value is -3.37. The average Bonchev–Trinajstić information content (AvgIpc) is 3.02. The first kappa shape index (κ1) is 21.8. The van der Waals surface area contributed by atoms with Crippen molar-refractivity contribution in [2.75, 3.05) is 13.1 Å². The van der Waals surface area contributed by atoms with Crippen molar-refractivity contribution in [3.63, 3.8) is 0 Å². The molecule has 0 bridgehead atoms. The minimum Gasteiger partial charge on any atom is -0.508 e. The molecule has 3 aromatic rings. The number of phenols is 1. The number of hydrogen-bond donors (Lipinski definition) is 2. The van der Waals surface area contributed by atoms with Gasteiger partial charge in [0.25, 0.3) is 5.91 Å². The van der Waals surface area contributed by atoms with Gasteiger partial charge in [-0.3, -0.25) is 9.69 Å². The molecular weight excluding hydrogens is 396 g/mol. The van der Waals surface area contributed by atoms with Crippen molar-refractivity contribution in [3.8, 4) is 5.75 Å². The summed E-state index contributed by atoms with van der Waals surface area (Å²) >= 11 is 0. The monoisotopic (exact) mass is 426 g/mol. The first-order chi connectivity index (χ1) is 15.7. The third kappa shape index (κ3) is 5.65. The van der Waals surface area contributed by atoms with E-state index >= 15 is 0 Å². The number of nitrogens with zero attached hydrogens (tertiary/aromatic N) is 1. The van der Waals surface area contributed by atoms with Crippen LogP contribution in [-0.2, 0) is 19.5 Å². The lowest BCUT2D eigenvalue weighted by molar-refractivity contribution is 0.0952. The van der Waals surface area contributed by atoms with Gasteiger partial charge in [0, 0.05) is 25.2 Å². The molecule has 0 atom stereocenters. The molecule has 0 saturated heterocycles. The fourth-order valence-electron chi connectivity index (χ4n) is 4.26. The maximum absolute atomic E-state index is 12.9. The number of fused-ring (bicyclic) bond motifs is 1. The standard InChI is InChI=1S/C28H30N2O2/c31-27-17-8-14-23-20-30(19-9-16-25(23)27)21-24-13-4-5-15-26(24)28(32)29-18-7-6-12-22-10-2-1-3-11-22/h1-6,8,10-15,17,31H,7,9,16,18-21H2,(H,29,32)/b12-6+. The average molecular weight is 427 g/mol. The number of amides is 1. The molecular formula is C28H30N2O2. The summed E-state index contributed by atoms with van der Waals surface area (Å²) in [5, 5.41) is 13.2. The predicted molar refractivity (Wildman–Crippen MR) is 129 cm³/mol. The molecule has 3 aromatic carbocycles. The molecule has 4 nitrogen and oxygen atoms in total. The van der Waals surface area contributed by atoms with Gasteiger partial charge in [-0.05, 0) is 60.2 Å². The normalized spacial score (nSPS) is 14.1. The number of carbonyl (C=O) groups is 1. The smallest absolute Gasteiger partial charge is 0.251 e. The van der Waals surface area contributed by atoms with Gasteiger partial charge in [-0.25, -0.2) is 0 Å². The van der Waals surface area contributed by atoms with Crippen LogP contribution in [0.25, 0.3) is 6.08 Å². The highest BCUT2D eigenvalue weighted by atomic mass is 16.3. The number of benzene rings is 3. The number of nitrogens with one attached hydrogen (secondary N) is 1. The second-order valence-corrected chi connectivity index (χ2v) is 8.24. The Morgan fingerprint density at radius 3 is 2.69 bits per heavy atom. The Labute approximate surface area is 190 Å². The fourth-order valence-corrected chi connectivity index (χ4v) is 4.26. The summed E-state index contributed by atoms with van der Waals surface area (Å²) < 4.78 is 0. The molecule has 1 aliphatic rings. The maximum Gasteiger partial charge on any atom is 0.251 e. The Morgan fingerprint density at radius 2 is 1.81 bits per heavy atom. The second-order valence-electron chi connectivity index (χ2n) is 8.24. The van der Waals surface area contributed by atoms with Crippen molar-refractivity contribution in [1.82, 2.24) is 10.2 Å². The molecule has 0 aromatic heterocycles. The minimum absolute atomic E-state index is 0.0263. The van der Waals surface area contributed by atoms with Crippen LogP contribution < -0.4 is 5.32 Å². The van der Waals surface area contributed by atoms with Crippen LogP contribution in [0.2, 0.25) is 0 Å². The van der Waals surface area contributed by atoms with Crippen molar-refractivity contribution in [3.05, 3.63) is 107 Å². The molecule has 0 radical (unpaired) electrons.